The summed E-state index contributed by atoms with van der Waals surface area (Å²) in [6, 6.07) is 11.4. The van der Waals surface area contributed by atoms with Crippen LogP contribution >= 0.6 is 0 Å². The SMILES string of the molecule is CNC(CCc1ccccc1)CC1=CCCCC1. The molecule has 0 radical (unpaired) electrons. The summed E-state index contributed by atoms with van der Waals surface area (Å²) in [6.07, 6.45) is 11.5. The van der Waals surface area contributed by atoms with Gasteiger partial charge in [0.1, 0.15) is 0 Å². The summed E-state index contributed by atoms with van der Waals surface area (Å²) in [5.41, 5.74) is 3.13. The van der Waals surface area contributed by atoms with Gasteiger partial charge in [-0.25, -0.2) is 0 Å². The third-order valence-corrected chi connectivity index (χ3v) is 3.93. The molecule has 1 aliphatic rings. The smallest absolute Gasteiger partial charge is 0.0104 e. The van der Waals surface area contributed by atoms with Crippen LogP contribution in [0.4, 0.5) is 0 Å². The average molecular weight is 243 g/mol. The van der Waals surface area contributed by atoms with Gasteiger partial charge >= 0.3 is 0 Å². The Hall–Kier alpha value is -1.08. The largest absolute Gasteiger partial charge is 0.317 e. The molecule has 1 aromatic rings. The minimum Gasteiger partial charge on any atom is -0.317 e. The number of hydrogen-bond donors (Lipinski definition) is 1. The van der Waals surface area contributed by atoms with Crippen molar-refractivity contribution in [1.29, 1.82) is 0 Å². The van der Waals surface area contributed by atoms with Crippen LogP contribution in [0.3, 0.4) is 0 Å². The zero-order valence-corrected chi connectivity index (χ0v) is 11.5. The van der Waals surface area contributed by atoms with E-state index >= 15 is 0 Å². The van der Waals surface area contributed by atoms with Gasteiger partial charge in [-0.05, 0) is 57.6 Å². The maximum atomic E-state index is 3.48. The summed E-state index contributed by atoms with van der Waals surface area (Å²) in [7, 11) is 2.10. The first-order valence-corrected chi connectivity index (χ1v) is 7.27. The van der Waals surface area contributed by atoms with E-state index in [-0.39, 0.29) is 0 Å². The van der Waals surface area contributed by atoms with Gasteiger partial charge in [0.15, 0.2) is 0 Å². The normalized spacial score (nSPS) is 17.3. The molecule has 1 unspecified atom stereocenters. The molecule has 0 bridgehead atoms. The fourth-order valence-electron chi connectivity index (χ4n) is 2.74. The first-order chi connectivity index (χ1) is 8.88. The van der Waals surface area contributed by atoms with E-state index in [0.29, 0.717) is 6.04 Å². The number of hydrogen-bond acceptors (Lipinski definition) is 1. The molecular weight excluding hydrogens is 218 g/mol. The molecule has 2 rings (SSSR count). The van der Waals surface area contributed by atoms with Crippen molar-refractivity contribution in [2.45, 2.75) is 51.0 Å². The van der Waals surface area contributed by atoms with Crippen molar-refractivity contribution in [3.8, 4) is 0 Å². The third-order valence-electron chi connectivity index (χ3n) is 3.93. The van der Waals surface area contributed by atoms with Gasteiger partial charge in [-0.3, -0.25) is 0 Å². The molecule has 0 amide bonds. The van der Waals surface area contributed by atoms with E-state index in [1.807, 2.05) is 0 Å². The average Bonchev–Trinajstić information content (AvgIpc) is 2.45. The molecule has 0 spiro atoms. The summed E-state index contributed by atoms with van der Waals surface area (Å²) in [5.74, 6) is 0. The molecule has 0 fully saturated rings. The van der Waals surface area contributed by atoms with E-state index in [9.17, 15) is 0 Å². The van der Waals surface area contributed by atoms with Gasteiger partial charge in [0.05, 0.1) is 0 Å². The Labute approximate surface area is 111 Å². The summed E-state index contributed by atoms with van der Waals surface area (Å²) in [6.45, 7) is 0. The quantitative estimate of drug-likeness (QED) is 0.742. The fraction of sp³-hybridized carbons (Fsp3) is 0.529. The van der Waals surface area contributed by atoms with Gasteiger partial charge < -0.3 is 5.32 Å². The first-order valence-electron chi connectivity index (χ1n) is 7.27. The molecule has 0 heterocycles. The van der Waals surface area contributed by atoms with Gasteiger partial charge in [0, 0.05) is 6.04 Å². The molecule has 1 heteroatoms. The molecule has 0 aromatic heterocycles. The molecule has 18 heavy (non-hydrogen) atoms. The topological polar surface area (TPSA) is 12.0 Å². The monoisotopic (exact) mass is 243 g/mol. The van der Waals surface area contributed by atoms with Crippen molar-refractivity contribution >= 4 is 0 Å². The first kappa shape index (κ1) is 13.4. The van der Waals surface area contributed by atoms with Gasteiger partial charge in [-0.15, -0.1) is 0 Å². The molecule has 1 atom stereocenters. The molecular formula is C17H25N. The Morgan fingerprint density at radius 1 is 1.17 bits per heavy atom. The Kier molecular flexibility index (Phi) is 5.47. The van der Waals surface area contributed by atoms with Crippen LogP contribution in [0, 0.1) is 0 Å². The van der Waals surface area contributed by atoms with Crippen molar-refractivity contribution in [3.63, 3.8) is 0 Å². The molecule has 1 nitrogen and oxygen atoms in total. The number of allylic oxidation sites excluding steroid dienone is 1. The van der Waals surface area contributed by atoms with Gasteiger partial charge in [-0.1, -0.05) is 42.0 Å². The second kappa shape index (κ2) is 7.38. The van der Waals surface area contributed by atoms with Crippen molar-refractivity contribution in [1.82, 2.24) is 5.32 Å². The third kappa shape index (κ3) is 4.30. The van der Waals surface area contributed by atoms with Crippen LogP contribution in [0.15, 0.2) is 42.0 Å². The summed E-state index contributed by atoms with van der Waals surface area (Å²) in [5, 5.41) is 3.48. The Bertz CT molecular complexity index is 366. The summed E-state index contributed by atoms with van der Waals surface area (Å²) in [4.78, 5) is 0. The predicted octanol–water partition coefficient (Wildman–Crippen LogP) is 4.10. The highest BCUT2D eigenvalue weighted by Gasteiger charge is 2.11. The van der Waals surface area contributed by atoms with Crippen LogP contribution in [-0.4, -0.2) is 13.1 Å². The van der Waals surface area contributed by atoms with E-state index in [0.717, 1.165) is 0 Å². The number of benzene rings is 1. The van der Waals surface area contributed by atoms with Crippen LogP contribution in [0.5, 0.6) is 0 Å². The molecule has 1 aliphatic carbocycles. The van der Waals surface area contributed by atoms with Crippen molar-refractivity contribution in [2.24, 2.45) is 0 Å². The molecule has 0 saturated heterocycles. The van der Waals surface area contributed by atoms with E-state index in [2.05, 4.69) is 48.8 Å². The van der Waals surface area contributed by atoms with Gasteiger partial charge in [0.2, 0.25) is 0 Å². The maximum absolute atomic E-state index is 3.48. The molecule has 1 N–H and O–H groups in total. The standard InChI is InChI=1S/C17H25N/c1-18-17(14-16-10-6-3-7-11-16)13-12-15-8-4-2-5-9-15/h2,4-5,8-10,17-18H,3,6-7,11-14H2,1H3. The van der Waals surface area contributed by atoms with E-state index in [1.165, 1.54) is 50.5 Å². The van der Waals surface area contributed by atoms with Crippen molar-refractivity contribution in [3.05, 3.63) is 47.5 Å². The number of aryl methyl sites for hydroxylation is 1. The second-order valence-corrected chi connectivity index (χ2v) is 5.32. The highest BCUT2D eigenvalue weighted by atomic mass is 14.9. The summed E-state index contributed by atoms with van der Waals surface area (Å²) < 4.78 is 0. The van der Waals surface area contributed by atoms with Gasteiger partial charge in [0.25, 0.3) is 0 Å². The minimum absolute atomic E-state index is 0.634. The van der Waals surface area contributed by atoms with Crippen LogP contribution in [0.1, 0.15) is 44.1 Å². The zero-order valence-electron chi connectivity index (χ0n) is 11.5. The van der Waals surface area contributed by atoms with Crippen LogP contribution in [0.2, 0.25) is 0 Å². The summed E-state index contributed by atoms with van der Waals surface area (Å²) >= 11 is 0. The van der Waals surface area contributed by atoms with Crippen LogP contribution < -0.4 is 5.32 Å². The minimum atomic E-state index is 0.634. The maximum Gasteiger partial charge on any atom is 0.0104 e. The molecule has 0 saturated carbocycles. The lowest BCUT2D eigenvalue weighted by molar-refractivity contribution is 0.502. The lowest BCUT2D eigenvalue weighted by Crippen LogP contribution is -2.26. The second-order valence-electron chi connectivity index (χ2n) is 5.32. The van der Waals surface area contributed by atoms with E-state index in [4.69, 9.17) is 0 Å². The molecule has 0 aliphatic heterocycles. The van der Waals surface area contributed by atoms with Crippen LogP contribution in [-0.2, 0) is 6.42 Å². The highest BCUT2D eigenvalue weighted by Crippen LogP contribution is 2.22. The van der Waals surface area contributed by atoms with Crippen molar-refractivity contribution < 1.29 is 0 Å². The highest BCUT2D eigenvalue weighted by molar-refractivity contribution is 5.15. The Balaban J connectivity index is 1.80. The zero-order chi connectivity index (χ0) is 12.6. The Morgan fingerprint density at radius 2 is 2.00 bits per heavy atom. The lowest BCUT2D eigenvalue weighted by atomic mass is 9.92. The molecule has 98 valence electrons. The van der Waals surface area contributed by atoms with Crippen molar-refractivity contribution in [2.75, 3.05) is 7.05 Å². The van der Waals surface area contributed by atoms with Crippen LogP contribution in [0.25, 0.3) is 0 Å². The number of rotatable bonds is 6. The predicted molar refractivity (Wildman–Crippen MR) is 78.8 cm³/mol. The van der Waals surface area contributed by atoms with E-state index < -0.39 is 0 Å². The fourth-order valence-corrected chi connectivity index (χ4v) is 2.74. The van der Waals surface area contributed by atoms with E-state index in [1.54, 1.807) is 5.57 Å². The van der Waals surface area contributed by atoms with Gasteiger partial charge in [-0.2, -0.15) is 0 Å². The lowest BCUT2D eigenvalue weighted by Gasteiger charge is -2.20. The molecule has 1 aromatic carbocycles. The number of nitrogens with one attached hydrogen (secondary N) is 1. The Morgan fingerprint density at radius 3 is 2.67 bits per heavy atom.